The first-order valence-electron chi connectivity index (χ1n) is 6.86. The summed E-state index contributed by atoms with van der Waals surface area (Å²) in [6.45, 7) is 2.24. The molecule has 0 unspecified atom stereocenters. The molecule has 3 heteroatoms. The van der Waals surface area contributed by atoms with E-state index in [1.807, 2.05) is 0 Å². The number of carboxylic acids is 1. The normalized spacial score (nSPS) is 35.4. The predicted molar refractivity (Wildman–Crippen MR) is 71.6 cm³/mol. The van der Waals surface area contributed by atoms with E-state index in [-0.39, 0.29) is 17.8 Å². The maximum Gasteiger partial charge on any atom is 0.309 e. The van der Waals surface area contributed by atoms with Gasteiger partial charge in [0.05, 0.1) is 5.41 Å². The quantitative estimate of drug-likeness (QED) is 0.744. The Morgan fingerprint density at radius 3 is 2.00 bits per heavy atom. The van der Waals surface area contributed by atoms with Crippen LogP contribution in [0.1, 0.15) is 71.1 Å². The van der Waals surface area contributed by atoms with E-state index in [0.29, 0.717) is 5.41 Å². The van der Waals surface area contributed by atoms with Crippen LogP contribution in [-0.2, 0) is 4.79 Å². The van der Waals surface area contributed by atoms with Crippen LogP contribution in [0.3, 0.4) is 0 Å². The van der Waals surface area contributed by atoms with Crippen molar-refractivity contribution in [2.75, 3.05) is 0 Å². The summed E-state index contributed by atoms with van der Waals surface area (Å²) in [5.41, 5.74) is 0.207. The van der Waals surface area contributed by atoms with E-state index in [9.17, 15) is 9.90 Å². The van der Waals surface area contributed by atoms with E-state index in [1.54, 1.807) is 0 Å². The van der Waals surface area contributed by atoms with Crippen LogP contribution in [0, 0.1) is 10.8 Å². The van der Waals surface area contributed by atoms with Gasteiger partial charge in [-0.05, 0) is 50.4 Å². The molecule has 3 rings (SSSR count). The molecule has 3 aliphatic rings. The van der Waals surface area contributed by atoms with E-state index in [1.165, 1.54) is 44.9 Å². The number of unbranched alkanes of at least 4 members (excludes halogenated alkanes) is 2. The largest absolute Gasteiger partial charge is 0.481 e. The van der Waals surface area contributed by atoms with Crippen molar-refractivity contribution >= 4 is 18.4 Å². The predicted octanol–water partition coefficient (Wildman–Crippen LogP) is 4.41. The monoisotopic (exact) mass is 260 g/mol. The van der Waals surface area contributed by atoms with Gasteiger partial charge in [0.1, 0.15) is 0 Å². The van der Waals surface area contributed by atoms with Crippen molar-refractivity contribution in [2.45, 2.75) is 71.1 Å². The number of carboxylic acid groups (broad SMARTS) is 1. The number of fused-ring (bicyclic) bond motifs is 3. The van der Waals surface area contributed by atoms with Crippen LogP contribution in [0.15, 0.2) is 0 Å². The smallest absolute Gasteiger partial charge is 0.309 e. The summed E-state index contributed by atoms with van der Waals surface area (Å²) < 4.78 is 0. The van der Waals surface area contributed by atoms with Crippen LogP contribution in [0.2, 0.25) is 0 Å². The molecule has 0 heterocycles. The van der Waals surface area contributed by atoms with Crippen molar-refractivity contribution < 1.29 is 9.90 Å². The van der Waals surface area contributed by atoms with Crippen molar-refractivity contribution in [3.63, 3.8) is 0 Å². The number of aliphatic carboxylic acids is 1. The first kappa shape index (κ1) is 14.8. The molecule has 0 aromatic rings. The lowest BCUT2D eigenvalue weighted by Crippen LogP contribution is -2.45. The van der Waals surface area contributed by atoms with Gasteiger partial charge in [-0.3, -0.25) is 4.79 Å². The molecule has 2 nitrogen and oxygen atoms in total. The van der Waals surface area contributed by atoms with Crippen LogP contribution in [-0.4, -0.2) is 11.1 Å². The van der Waals surface area contributed by atoms with E-state index in [0.717, 1.165) is 19.3 Å². The Morgan fingerprint density at radius 1 is 1.06 bits per heavy atom. The zero-order valence-corrected chi connectivity index (χ0v) is 11.7. The summed E-state index contributed by atoms with van der Waals surface area (Å²) in [6, 6.07) is 0. The van der Waals surface area contributed by atoms with Crippen LogP contribution >= 0.6 is 12.4 Å². The second-order valence-corrected chi connectivity index (χ2v) is 6.04. The Hall–Kier alpha value is -0.240. The lowest BCUT2D eigenvalue weighted by atomic mass is 9.52. The number of carbonyl (C=O) groups is 1. The van der Waals surface area contributed by atoms with E-state index in [4.69, 9.17) is 0 Å². The van der Waals surface area contributed by atoms with Gasteiger partial charge in [0.25, 0.3) is 0 Å². The highest BCUT2D eigenvalue weighted by Crippen LogP contribution is 2.58. The van der Waals surface area contributed by atoms with E-state index in [2.05, 4.69) is 6.92 Å². The zero-order chi connectivity index (χ0) is 11.6. The van der Waals surface area contributed by atoms with Gasteiger partial charge < -0.3 is 5.11 Å². The fourth-order valence-corrected chi connectivity index (χ4v) is 3.71. The fraction of sp³-hybridized carbons (Fsp3) is 0.929. The summed E-state index contributed by atoms with van der Waals surface area (Å²) in [5.74, 6) is -0.533. The molecule has 1 N–H and O–H groups in total. The SMILES string of the molecule is CCCCCC12CCC(C(=O)O)(CC1)CC2.Cl. The first-order valence-corrected chi connectivity index (χ1v) is 6.86. The van der Waals surface area contributed by atoms with E-state index >= 15 is 0 Å². The minimum absolute atomic E-state index is 0. The summed E-state index contributed by atoms with van der Waals surface area (Å²) in [4.78, 5) is 11.3. The third-order valence-corrected chi connectivity index (χ3v) is 5.17. The van der Waals surface area contributed by atoms with Crippen molar-refractivity contribution in [3.8, 4) is 0 Å². The zero-order valence-electron chi connectivity index (χ0n) is 10.8. The first-order chi connectivity index (χ1) is 7.63. The third kappa shape index (κ3) is 2.78. The molecule has 0 radical (unpaired) electrons. The second-order valence-electron chi connectivity index (χ2n) is 6.04. The fourth-order valence-electron chi connectivity index (χ4n) is 3.71. The molecule has 100 valence electrons. The van der Waals surface area contributed by atoms with E-state index < -0.39 is 5.97 Å². The summed E-state index contributed by atoms with van der Waals surface area (Å²) in [7, 11) is 0. The van der Waals surface area contributed by atoms with Gasteiger partial charge in [0.2, 0.25) is 0 Å². The topological polar surface area (TPSA) is 37.3 Å². The summed E-state index contributed by atoms with van der Waals surface area (Å²) >= 11 is 0. The molecule has 0 spiro atoms. The second kappa shape index (κ2) is 5.60. The molecule has 2 bridgehead atoms. The Kier molecular flexibility index (Phi) is 4.88. The molecule has 3 aliphatic carbocycles. The van der Waals surface area contributed by atoms with Crippen LogP contribution in [0.5, 0.6) is 0 Å². The Bertz CT molecular complexity index is 251. The number of hydrogen-bond donors (Lipinski definition) is 1. The van der Waals surface area contributed by atoms with Gasteiger partial charge in [-0.25, -0.2) is 0 Å². The molecule has 0 amide bonds. The molecule has 17 heavy (non-hydrogen) atoms. The molecule has 0 aliphatic heterocycles. The van der Waals surface area contributed by atoms with Gasteiger partial charge in [0.15, 0.2) is 0 Å². The molecular weight excluding hydrogens is 236 g/mol. The average molecular weight is 261 g/mol. The maximum absolute atomic E-state index is 11.3. The Balaban J connectivity index is 0.00000144. The standard InChI is InChI=1S/C14H24O2.ClH/c1-2-3-4-5-13-6-9-14(10-7-13,11-8-13)12(15)16;/h2-11H2,1H3,(H,15,16);1H. The van der Waals surface area contributed by atoms with Crippen molar-refractivity contribution in [1.29, 1.82) is 0 Å². The molecule has 0 aromatic heterocycles. The van der Waals surface area contributed by atoms with Crippen molar-refractivity contribution in [2.24, 2.45) is 10.8 Å². The number of rotatable bonds is 5. The van der Waals surface area contributed by atoms with Gasteiger partial charge in [0, 0.05) is 0 Å². The molecular formula is C14H25ClO2. The maximum atomic E-state index is 11.3. The van der Waals surface area contributed by atoms with Crippen LogP contribution in [0.4, 0.5) is 0 Å². The Morgan fingerprint density at radius 2 is 1.59 bits per heavy atom. The average Bonchev–Trinajstić information content (AvgIpc) is 2.31. The lowest BCUT2D eigenvalue weighted by molar-refractivity contribution is -0.159. The third-order valence-electron chi connectivity index (χ3n) is 5.17. The van der Waals surface area contributed by atoms with Gasteiger partial charge in [-0.15, -0.1) is 12.4 Å². The highest BCUT2D eigenvalue weighted by molar-refractivity contribution is 5.85. The molecule has 3 fully saturated rings. The highest BCUT2D eigenvalue weighted by Gasteiger charge is 2.51. The van der Waals surface area contributed by atoms with Crippen molar-refractivity contribution in [3.05, 3.63) is 0 Å². The number of halogens is 1. The summed E-state index contributed by atoms with van der Waals surface area (Å²) in [6.07, 6.45) is 11.6. The van der Waals surface area contributed by atoms with Crippen LogP contribution < -0.4 is 0 Å². The van der Waals surface area contributed by atoms with Crippen LogP contribution in [0.25, 0.3) is 0 Å². The molecule has 0 saturated heterocycles. The highest BCUT2D eigenvalue weighted by atomic mass is 35.5. The Labute approximate surface area is 111 Å². The summed E-state index contributed by atoms with van der Waals surface area (Å²) in [5, 5.41) is 9.31. The minimum Gasteiger partial charge on any atom is -0.481 e. The van der Waals surface area contributed by atoms with Gasteiger partial charge in [-0.2, -0.15) is 0 Å². The molecule has 0 atom stereocenters. The van der Waals surface area contributed by atoms with Gasteiger partial charge >= 0.3 is 5.97 Å². The number of hydrogen-bond acceptors (Lipinski definition) is 1. The molecule has 3 saturated carbocycles. The lowest BCUT2D eigenvalue weighted by Gasteiger charge is -2.51. The minimum atomic E-state index is -0.533. The molecule has 0 aromatic carbocycles. The van der Waals surface area contributed by atoms with Crippen molar-refractivity contribution in [1.82, 2.24) is 0 Å². The van der Waals surface area contributed by atoms with Gasteiger partial charge in [-0.1, -0.05) is 26.2 Å².